The lowest BCUT2D eigenvalue weighted by atomic mass is 9.81. The fourth-order valence-corrected chi connectivity index (χ4v) is 5.31. The molecule has 2 aromatic rings. The molecule has 2 aromatic carbocycles. The highest BCUT2D eigenvalue weighted by atomic mass is 16.5. The Bertz CT molecular complexity index is 1140. The summed E-state index contributed by atoms with van der Waals surface area (Å²) in [4.78, 5) is 54.1. The van der Waals surface area contributed by atoms with Crippen molar-refractivity contribution in [3.63, 3.8) is 0 Å². The highest BCUT2D eigenvalue weighted by Crippen LogP contribution is 2.40. The van der Waals surface area contributed by atoms with E-state index >= 15 is 0 Å². The number of ether oxygens (including phenoxy) is 2. The van der Waals surface area contributed by atoms with Gasteiger partial charge in [-0.25, -0.2) is 4.90 Å². The van der Waals surface area contributed by atoms with Crippen molar-refractivity contribution < 1.29 is 28.7 Å². The van der Waals surface area contributed by atoms with Crippen LogP contribution in [0.5, 0.6) is 11.5 Å². The number of fused-ring (bicyclic) bond motifs is 1. The molecule has 35 heavy (non-hydrogen) atoms. The third-order valence-electron chi connectivity index (χ3n) is 7.05. The lowest BCUT2D eigenvalue weighted by molar-refractivity contribution is -0.139. The predicted molar refractivity (Wildman–Crippen MR) is 128 cm³/mol. The van der Waals surface area contributed by atoms with Crippen molar-refractivity contribution in [3.8, 4) is 11.5 Å². The standard InChI is InChI=1S/C27H28N2O6/c1-2-34-20-12-10-18(11-13-20)28-16-17(14-24(28)30)27(33)35-21-7-5-6-19(15-21)29-25(31)22-8-3-4-9-23(22)26(29)32/h5-7,10-13,15,17,22-23H,2-4,8-9,14,16H2,1H3/t17-,22-,23-/m1/s1. The SMILES string of the molecule is CCOc1ccc(N2C[C@H](C(=O)Oc3cccc(N4C(=O)[C@@H]5CCCC[C@H]5C4=O)c3)CC2=O)cc1. The number of esters is 1. The zero-order chi connectivity index (χ0) is 24.5. The van der Waals surface area contributed by atoms with Gasteiger partial charge in [-0.05, 0) is 56.2 Å². The number of carbonyl (C=O) groups excluding carboxylic acids is 4. The van der Waals surface area contributed by atoms with Crippen molar-refractivity contribution in [2.45, 2.75) is 39.0 Å². The lowest BCUT2D eigenvalue weighted by Gasteiger charge is -2.19. The van der Waals surface area contributed by atoms with Gasteiger partial charge in [-0.3, -0.25) is 19.2 Å². The molecule has 2 saturated heterocycles. The van der Waals surface area contributed by atoms with Crippen LogP contribution in [0.15, 0.2) is 48.5 Å². The molecule has 3 atom stereocenters. The van der Waals surface area contributed by atoms with Crippen LogP contribution in [-0.2, 0) is 19.2 Å². The molecule has 182 valence electrons. The van der Waals surface area contributed by atoms with E-state index in [-0.39, 0.29) is 48.3 Å². The smallest absolute Gasteiger partial charge is 0.316 e. The van der Waals surface area contributed by atoms with E-state index in [2.05, 4.69) is 0 Å². The van der Waals surface area contributed by atoms with Crippen molar-refractivity contribution >= 4 is 35.1 Å². The molecule has 2 aliphatic heterocycles. The maximum atomic E-state index is 12.9. The number of amides is 3. The molecule has 0 bridgehead atoms. The van der Waals surface area contributed by atoms with Gasteiger partial charge in [0.25, 0.3) is 0 Å². The van der Waals surface area contributed by atoms with E-state index in [1.54, 1.807) is 53.4 Å². The number of rotatable bonds is 6. The van der Waals surface area contributed by atoms with Crippen LogP contribution in [-0.4, -0.2) is 36.8 Å². The van der Waals surface area contributed by atoms with Gasteiger partial charge in [-0.15, -0.1) is 0 Å². The number of carbonyl (C=O) groups is 4. The summed E-state index contributed by atoms with van der Waals surface area (Å²) in [5.41, 5.74) is 1.11. The summed E-state index contributed by atoms with van der Waals surface area (Å²) in [6.07, 6.45) is 3.44. The van der Waals surface area contributed by atoms with Gasteiger partial charge in [0, 0.05) is 24.7 Å². The van der Waals surface area contributed by atoms with Gasteiger partial charge >= 0.3 is 5.97 Å². The first-order valence-corrected chi connectivity index (χ1v) is 12.2. The molecule has 2 heterocycles. The van der Waals surface area contributed by atoms with Crippen LogP contribution >= 0.6 is 0 Å². The molecule has 8 nitrogen and oxygen atoms in total. The minimum Gasteiger partial charge on any atom is -0.494 e. The third-order valence-corrected chi connectivity index (χ3v) is 7.05. The van der Waals surface area contributed by atoms with Crippen molar-refractivity contribution in [1.82, 2.24) is 0 Å². The third kappa shape index (κ3) is 4.40. The van der Waals surface area contributed by atoms with Crippen molar-refractivity contribution in [2.24, 2.45) is 17.8 Å². The highest BCUT2D eigenvalue weighted by molar-refractivity contribution is 6.22. The first-order valence-electron chi connectivity index (χ1n) is 12.2. The number of anilines is 2. The quantitative estimate of drug-likeness (QED) is 0.358. The normalized spacial score (nSPS) is 24.0. The summed E-state index contributed by atoms with van der Waals surface area (Å²) in [7, 11) is 0. The fourth-order valence-electron chi connectivity index (χ4n) is 5.31. The molecule has 3 aliphatic rings. The van der Waals surface area contributed by atoms with Crippen LogP contribution in [0.4, 0.5) is 11.4 Å². The lowest BCUT2D eigenvalue weighted by Crippen LogP contribution is -2.31. The Hall–Kier alpha value is -3.68. The molecule has 3 amide bonds. The van der Waals surface area contributed by atoms with Crippen LogP contribution in [0.3, 0.4) is 0 Å². The van der Waals surface area contributed by atoms with Crippen LogP contribution in [0, 0.1) is 17.8 Å². The summed E-state index contributed by atoms with van der Waals surface area (Å²) in [5.74, 6) is -1.16. The largest absolute Gasteiger partial charge is 0.494 e. The van der Waals surface area contributed by atoms with E-state index in [4.69, 9.17) is 9.47 Å². The summed E-state index contributed by atoms with van der Waals surface area (Å²) in [6, 6.07) is 13.7. The molecule has 0 N–H and O–H groups in total. The van der Waals surface area contributed by atoms with Gasteiger partial charge in [0.2, 0.25) is 17.7 Å². The zero-order valence-corrected chi connectivity index (χ0v) is 19.6. The Labute approximate surface area is 203 Å². The van der Waals surface area contributed by atoms with Crippen molar-refractivity contribution in [3.05, 3.63) is 48.5 Å². The first kappa shape index (κ1) is 23.1. The molecule has 0 spiro atoms. The Morgan fingerprint density at radius 2 is 1.60 bits per heavy atom. The van der Waals surface area contributed by atoms with Gasteiger partial charge in [-0.2, -0.15) is 0 Å². The van der Waals surface area contributed by atoms with E-state index in [0.29, 0.717) is 23.7 Å². The summed E-state index contributed by atoms with van der Waals surface area (Å²) in [6.45, 7) is 2.67. The van der Waals surface area contributed by atoms with Gasteiger partial charge in [0.1, 0.15) is 11.5 Å². The molecule has 1 saturated carbocycles. The molecular weight excluding hydrogens is 448 g/mol. The topological polar surface area (TPSA) is 93.2 Å². The fraction of sp³-hybridized carbons (Fsp3) is 0.407. The molecule has 1 aliphatic carbocycles. The summed E-state index contributed by atoms with van der Waals surface area (Å²) >= 11 is 0. The minimum atomic E-state index is -0.615. The summed E-state index contributed by atoms with van der Waals surface area (Å²) in [5, 5.41) is 0. The number of hydrogen-bond acceptors (Lipinski definition) is 6. The molecular formula is C27H28N2O6. The average Bonchev–Trinajstić information content (AvgIpc) is 3.37. The van der Waals surface area contributed by atoms with Gasteiger partial charge in [-0.1, -0.05) is 18.9 Å². The maximum Gasteiger partial charge on any atom is 0.316 e. The maximum absolute atomic E-state index is 12.9. The van der Waals surface area contributed by atoms with Crippen LogP contribution in [0.2, 0.25) is 0 Å². The number of benzene rings is 2. The minimum absolute atomic E-state index is 0.0538. The predicted octanol–water partition coefficient (Wildman–Crippen LogP) is 3.72. The van der Waals surface area contributed by atoms with Crippen LogP contribution in [0.25, 0.3) is 0 Å². The van der Waals surface area contributed by atoms with E-state index in [1.165, 1.54) is 4.90 Å². The monoisotopic (exact) mass is 476 g/mol. The number of hydrogen-bond donors (Lipinski definition) is 0. The average molecular weight is 477 g/mol. The van der Waals surface area contributed by atoms with Gasteiger partial charge in [0.15, 0.2) is 0 Å². The molecule has 0 unspecified atom stereocenters. The Morgan fingerprint density at radius 1 is 0.914 bits per heavy atom. The van der Waals surface area contributed by atoms with Crippen molar-refractivity contribution in [2.75, 3.05) is 23.0 Å². The van der Waals surface area contributed by atoms with E-state index < -0.39 is 11.9 Å². The van der Waals surface area contributed by atoms with Gasteiger partial charge in [0.05, 0.1) is 30.0 Å². The second kappa shape index (κ2) is 9.52. The molecule has 0 radical (unpaired) electrons. The number of imide groups is 1. The Morgan fingerprint density at radius 3 is 2.26 bits per heavy atom. The highest BCUT2D eigenvalue weighted by Gasteiger charge is 2.48. The van der Waals surface area contributed by atoms with E-state index in [1.807, 2.05) is 6.92 Å². The second-order valence-corrected chi connectivity index (χ2v) is 9.26. The van der Waals surface area contributed by atoms with E-state index in [0.717, 1.165) is 25.7 Å². The van der Waals surface area contributed by atoms with Gasteiger partial charge < -0.3 is 14.4 Å². The zero-order valence-electron chi connectivity index (χ0n) is 19.6. The molecule has 3 fully saturated rings. The Kier molecular flexibility index (Phi) is 6.28. The first-order chi connectivity index (χ1) is 17.0. The van der Waals surface area contributed by atoms with Crippen molar-refractivity contribution in [1.29, 1.82) is 0 Å². The van der Waals surface area contributed by atoms with E-state index in [9.17, 15) is 19.2 Å². The molecule has 8 heteroatoms. The Balaban J connectivity index is 1.26. The number of nitrogens with zero attached hydrogens (tertiary/aromatic N) is 2. The van der Waals surface area contributed by atoms with Crippen LogP contribution in [0.1, 0.15) is 39.0 Å². The molecule has 5 rings (SSSR count). The van der Waals surface area contributed by atoms with Crippen LogP contribution < -0.4 is 19.3 Å². The molecule has 0 aromatic heterocycles. The second-order valence-electron chi connectivity index (χ2n) is 9.26. The summed E-state index contributed by atoms with van der Waals surface area (Å²) < 4.78 is 11.0.